The molecule has 0 aromatic heterocycles. The maximum atomic E-state index is 12.3. The lowest BCUT2D eigenvalue weighted by Crippen LogP contribution is -2.41. The van der Waals surface area contributed by atoms with Crippen LogP contribution in [0.5, 0.6) is 0 Å². The fraction of sp³-hybridized carbons (Fsp3) is 0.500. The summed E-state index contributed by atoms with van der Waals surface area (Å²) in [5, 5.41) is 9.17. The van der Waals surface area contributed by atoms with E-state index in [1.165, 1.54) is 0 Å². The number of nitrogens with one attached hydrogen (secondary N) is 3. The van der Waals surface area contributed by atoms with Crippen LogP contribution in [-0.2, 0) is 16.0 Å². The van der Waals surface area contributed by atoms with E-state index >= 15 is 0 Å². The average molecular weight is 324 g/mol. The molecule has 1 fully saturated rings. The van der Waals surface area contributed by atoms with E-state index in [1.54, 1.807) is 0 Å². The summed E-state index contributed by atoms with van der Waals surface area (Å²) in [7, 11) is 0. The van der Waals surface area contributed by atoms with Crippen LogP contribution in [0.4, 0.5) is 5.69 Å². The number of anilines is 1. The Balaban J connectivity index is 0.00000176. The third-order valence-corrected chi connectivity index (χ3v) is 4.28. The van der Waals surface area contributed by atoms with Crippen molar-refractivity contribution in [3.63, 3.8) is 0 Å². The van der Waals surface area contributed by atoms with E-state index in [1.807, 2.05) is 25.1 Å². The summed E-state index contributed by atoms with van der Waals surface area (Å²) in [6.45, 7) is 3.76. The van der Waals surface area contributed by atoms with Gasteiger partial charge in [0.05, 0.1) is 18.4 Å². The van der Waals surface area contributed by atoms with Crippen molar-refractivity contribution in [2.24, 2.45) is 5.92 Å². The summed E-state index contributed by atoms with van der Waals surface area (Å²) in [4.78, 5) is 23.6. The van der Waals surface area contributed by atoms with Gasteiger partial charge in [-0.1, -0.05) is 12.1 Å². The maximum Gasteiger partial charge on any atom is 0.228 e. The molecule has 0 aliphatic carbocycles. The van der Waals surface area contributed by atoms with Gasteiger partial charge in [0, 0.05) is 12.2 Å². The molecular weight excluding hydrogens is 302 g/mol. The van der Waals surface area contributed by atoms with Crippen molar-refractivity contribution < 1.29 is 9.59 Å². The van der Waals surface area contributed by atoms with Gasteiger partial charge in [-0.2, -0.15) is 0 Å². The van der Waals surface area contributed by atoms with Crippen LogP contribution in [0.3, 0.4) is 0 Å². The molecule has 0 radical (unpaired) electrons. The number of amides is 2. The Morgan fingerprint density at radius 1 is 1.41 bits per heavy atom. The molecule has 2 atom stereocenters. The minimum Gasteiger partial charge on any atom is -0.349 e. The summed E-state index contributed by atoms with van der Waals surface area (Å²) >= 11 is 0. The monoisotopic (exact) mass is 323 g/mol. The third-order valence-electron chi connectivity index (χ3n) is 4.28. The normalized spacial score (nSPS) is 21.3. The molecule has 2 heterocycles. The Hall–Kier alpha value is -1.59. The van der Waals surface area contributed by atoms with Crippen molar-refractivity contribution in [1.82, 2.24) is 10.6 Å². The number of carbonyl (C=O) groups excluding carboxylic acids is 2. The molecule has 3 rings (SSSR count). The first kappa shape index (κ1) is 16.8. The van der Waals surface area contributed by atoms with Crippen LogP contribution in [0.2, 0.25) is 0 Å². The lowest BCUT2D eigenvalue weighted by atomic mass is 9.97. The third kappa shape index (κ3) is 3.59. The Bertz CT molecular complexity index is 571. The second kappa shape index (κ2) is 7.11. The van der Waals surface area contributed by atoms with E-state index in [2.05, 4.69) is 16.0 Å². The molecule has 2 aliphatic heterocycles. The summed E-state index contributed by atoms with van der Waals surface area (Å²) in [5.74, 6) is 0.218. The highest BCUT2D eigenvalue weighted by molar-refractivity contribution is 5.99. The Labute approximate surface area is 136 Å². The zero-order valence-electron chi connectivity index (χ0n) is 12.6. The van der Waals surface area contributed by atoms with Crippen molar-refractivity contribution in [1.29, 1.82) is 0 Å². The van der Waals surface area contributed by atoms with Gasteiger partial charge in [-0.05, 0) is 43.5 Å². The highest BCUT2D eigenvalue weighted by Gasteiger charge is 2.23. The van der Waals surface area contributed by atoms with Crippen molar-refractivity contribution in [3.05, 3.63) is 29.3 Å². The number of halogens is 1. The Morgan fingerprint density at radius 2 is 2.23 bits per heavy atom. The van der Waals surface area contributed by atoms with Gasteiger partial charge in [-0.15, -0.1) is 12.4 Å². The van der Waals surface area contributed by atoms with Crippen LogP contribution < -0.4 is 16.0 Å². The number of rotatable bonds is 3. The van der Waals surface area contributed by atoms with Gasteiger partial charge in [-0.3, -0.25) is 9.59 Å². The zero-order valence-corrected chi connectivity index (χ0v) is 13.5. The van der Waals surface area contributed by atoms with E-state index in [0.717, 1.165) is 42.7 Å². The second-order valence-electron chi connectivity index (χ2n) is 5.92. The van der Waals surface area contributed by atoms with Crippen molar-refractivity contribution in [2.75, 3.05) is 18.4 Å². The maximum absolute atomic E-state index is 12.3. The van der Waals surface area contributed by atoms with Gasteiger partial charge >= 0.3 is 0 Å². The van der Waals surface area contributed by atoms with E-state index in [-0.39, 0.29) is 36.2 Å². The van der Waals surface area contributed by atoms with Crippen LogP contribution in [0, 0.1) is 5.92 Å². The molecule has 0 saturated carbocycles. The van der Waals surface area contributed by atoms with Gasteiger partial charge in [0.2, 0.25) is 11.8 Å². The lowest BCUT2D eigenvalue weighted by Gasteiger charge is -2.24. The topological polar surface area (TPSA) is 70.2 Å². The van der Waals surface area contributed by atoms with E-state index in [0.29, 0.717) is 6.42 Å². The molecule has 0 spiro atoms. The minimum atomic E-state index is -0.0413. The fourth-order valence-electron chi connectivity index (χ4n) is 3.01. The first-order valence-corrected chi connectivity index (χ1v) is 7.57. The van der Waals surface area contributed by atoms with Crippen LogP contribution in [0.15, 0.2) is 18.2 Å². The van der Waals surface area contributed by atoms with Gasteiger partial charge < -0.3 is 16.0 Å². The zero-order chi connectivity index (χ0) is 14.8. The second-order valence-corrected chi connectivity index (χ2v) is 5.92. The molecule has 2 unspecified atom stereocenters. The number of fused-ring (bicyclic) bond motifs is 1. The van der Waals surface area contributed by atoms with Crippen LogP contribution in [0.25, 0.3) is 0 Å². The molecule has 0 bridgehead atoms. The molecular formula is C16H22ClN3O2. The number of carbonyl (C=O) groups is 2. The van der Waals surface area contributed by atoms with Crippen molar-refractivity contribution in [2.45, 2.75) is 32.2 Å². The molecule has 22 heavy (non-hydrogen) atoms. The minimum absolute atomic E-state index is 0. The largest absolute Gasteiger partial charge is 0.349 e. The smallest absolute Gasteiger partial charge is 0.228 e. The molecule has 5 nitrogen and oxygen atoms in total. The Morgan fingerprint density at radius 3 is 2.95 bits per heavy atom. The Kier molecular flexibility index (Phi) is 5.42. The summed E-state index contributed by atoms with van der Waals surface area (Å²) in [5.41, 5.74) is 2.94. The number of piperidine rings is 1. The first-order valence-electron chi connectivity index (χ1n) is 7.57. The summed E-state index contributed by atoms with van der Waals surface area (Å²) in [6.07, 6.45) is 2.43. The van der Waals surface area contributed by atoms with Crippen LogP contribution in [0.1, 0.15) is 36.9 Å². The quantitative estimate of drug-likeness (QED) is 0.794. The molecule has 1 aromatic rings. The molecule has 2 amide bonds. The van der Waals surface area contributed by atoms with Gasteiger partial charge in [0.15, 0.2) is 0 Å². The van der Waals surface area contributed by atoms with Gasteiger partial charge in [-0.25, -0.2) is 0 Å². The predicted octanol–water partition coefficient (Wildman–Crippen LogP) is 1.78. The highest BCUT2D eigenvalue weighted by atomic mass is 35.5. The van der Waals surface area contributed by atoms with Gasteiger partial charge in [0.1, 0.15) is 0 Å². The van der Waals surface area contributed by atoms with Crippen LogP contribution >= 0.6 is 12.4 Å². The number of hydrogen-bond donors (Lipinski definition) is 3. The van der Waals surface area contributed by atoms with Crippen LogP contribution in [-0.4, -0.2) is 24.9 Å². The van der Waals surface area contributed by atoms with E-state index in [9.17, 15) is 9.59 Å². The summed E-state index contributed by atoms with van der Waals surface area (Å²) in [6, 6.07) is 5.85. The fourth-order valence-corrected chi connectivity index (χ4v) is 3.01. The molecule has 120 valence electrons. The number of benzene rings is 1. The SMILES string of the molecule is CC(NC(=O)C1CCCNC1)c1ccc2c(c1)CC(=O)N2.Cl. The van der Waals surface area contributed by atoms with Crippen molar-refractivity contribution in [3.8, 4) is 0 Å². The molecule has 6 heteroatoms. The molecule has 2 aliphatic rings. The molecule has 1 saturated heterocycles. The van der Waals surface area contributed by atoms with Gasteiger partial charge in [0.25, 0.3) is 0 Å². The highest BCUT2D eigenvalue weighted by Crippen LogP contribution is 2.26. The molecule has 1 aromatic carbocycles. The van der Waals surface area contributed by atoms with E-state index < -0.39 is 0 Å². The molecule has 3 N–H and O–H groups in total. The van der Waals surface area contributed by atoms with E-state index in [4.69, 9.17) is 0 Å². The lowest BCUT2D eigenvalue weighted by molar-refractivity contribution is -0.126. The first-order chi connectivity index (χ1) is 10.1. The summed E-state index contributed by atoms with van der Waals surface area (Å²) < 4.78 is 0. The predicted molar refractivity (Wildman–Crippen MR) is 88.2 cm³/mol. The standard InChI is InChI=1S/C16H21N3O2.ClH/c1-10(18-16(21)12-3-2-6-17-9-12)11-4-5-14-13(7-11)8-15(20)19-14;/h4-5,7,10,12,17H,2-3,6,8-9H2,1H3,(H,18,21)(H,19,20);1H. The van der Waals surface area contributed by atoms with Crippen molar-refractivity contribution >= 4 is 29.9 Å². The number of hydrogen-bond acceptors (Lipinski definition) is 3. The average Bonchev–Trinajstić information content (AvgIpc) is 2.87.